The van der Waals surface area contributed by atoms with E-state index in [0.29, 0.717) is 13.2 Å². The maximum absolute atomic E-state index is 5.85. The largest absolute Gasteiger partial charge is 0.380 e. The zero-order valence-electron chi connectivity index (χ0n) is 8.24. The first kappa shape index (κ1) is 11.6. The molecule has 0 aliphatic carbocycles. The van der Waals surface area contributed by atoms with Gasteiger partial charge in [-0.2, -0.15) is 0 Å². The normalized spacial score (nSPS) is 12.8. The van der Waals surface area contributed by atoms with Gasteiger partial charge in [-0.15, -0.1) is 0 Å². The number of ether oxygens (including phenoxy) is 1. The van der Waals surface area contributed by atoms with E-state index in [1.165, 1.54) is 0 Å². The first-order chi connectivity index (χ1) is 6.72. The molecule has 2 N–H and O–H groups in total. The molecule has 0 amide bonds. The average Bonchev–Trinajstić information content (AvgIpc) is 2.18. The van der Waals surface area contributed by atoms with Gasteiger partial charge >= 0.3 is 0 Å². The van der Waals surface area contributed by atoms with Crippen molar-refractivity contribution >= 4 is 15.9 Å². The van der Waals surface area contributed by atoms with Crippen LogP contribution in [0.5, 0.6) is 0 Å². The second kappa shape index (κ2) is 6.11. The van der Waals surface area contributed by atoms with Crippen LogP contribution in [-0.2, 0) is 11.2 Å². The van der Waals surface area contributed by atoms with Crippen LogP contribution in [0.1, 0.15) is 12.6 Å². The average molecular weight is 259 g/mol. The van der Waals surface area contributed by atoms with E-state index in [2.05, 4.69) is 20.9 Å². The smallest absolute Gasteiger partial charge is 0.0621 e. The van der Waals surface area contributed by atoms with Gasteiger partial charge in [-0.3, -0.25) is 4.98 Å². The van der Waals surface area contributed by atoms with Gasteiger partial charge in [-0.05, 0) is 35.0 Å². The van der Waals surface area contributed by atoms with Gasteiger partial charge in [-0.25, -0.2) is 0 Å². The van der Waals surface area contributed by atoms with Crippen molar-refractivity contribution in [3.63, 3.8) is 0 Å². The van der Waals surface area contributed by atoms with Crippen LogP contribution in [0.25, 0.3) is 0 Å². The number of hydrogen-bond acceptors (Lipinski definition) is 3. The van der Waals surface area contributed by atoms with E-state index in [4.69, 9.17) is 10.5 Å². The summed E-state index contributed by atoms with van der Waals surface area (Å²) in [4.78, 5) is 4.24. The number of rotatable bonds is 5. The Morgan fingerprint density at radius 1 is 1.57 bits per heavy atom. The van der Waals surface area contributed by atoms with Crippen LogP contribution in [-0.4, -0.2) is 24.2 Å². The van der Waals surface area contributed by atoms with Gasteiger partial charge in [0.2, 0.25) is 0 Å². The molecule has 0 radical (unpaired) electrons. The summed E-state index contributed by atoms with van der Waals surface area (Å²) in [6.07, 6.45) is 2.54. The lowest BCUT2D eigenvalue weighted by Gasteiger charge is -2.10. The van der Waals surface area contributed by atoms with Crippen LogP contribution < -0.4 is 5.73 Å². The van der Waals surface area contributed by atoms with Crippen LogP contribution in [0.4, 0.5) is 0 Å². The molecular weight excluding hydrogens is 244 g/mol. The minimum Gasteiger partial charge on any atom is -0.380 e. The Labute approximate surface area is 92.8 Å². The minimum absolute atomic E-state index is 0.0311. The van der Waals surface area contributed by atoms with E-state index in [-0.39, 0.29) is 6.04 Å². The van der Waals surface area contributed by atoms with E-state index in [0.717, 1.165) is 16.6 Å². The van der Waals surface area contributed by atoms with Crippen LogP contribution >= 0.6 is 15.9 Å². The first-order valence-electron chi connectivity index (χ1n) is 4.66. The quantitative estimate of drug-likeness (QED) is 0.876. The highest BCUT2D eigenvalue weighted by Gasteiger charge is 2.04. The number of aromatic nitrogens is 1. The second-order valence-electron chi connectivity index (χ2n) is 3.09. The summed E-state index contributed by atoms with van der Waals surface area (Å²) < 4.78 is 6.21. The summed E-state index contributed by atoms with van der Waals surface area (Å²) in [6, 6.07) is 3.97. The fourth-order valence-corrected chi connectivity index (χ4v) is 1.36. The van der Waals surface area contributed by atoms with Crippen LogP contribution in [0.15, 0.2) is 22.8 Å². The number of pyridine rings is 1. The molecule has 0 bridgehead atoms. The molecule has 1 aromatic rings. The summed E-state index contributed by atoms with van der Waals surface area (Å²) in [5, 5.41) is 0. The SMILES string of the molecule is CCOCC(N)Cc1ccc(Br)cn1. The Morgan fingerprint density at radius 3 is 2.93 bits per heavy atom. The van der Waals surface area contributed by atoms with Crippen molar-refractivity contribution in [2.45, 2.75) is 19.4 Å². The molecule has 1 atom stereocenters. The lowest BCUT2D eigenvalue weighted by molar-refractivity contribution is 0.133. The topological polar surface area (TPSA) is 48.1 Å². The Hall–Kier alpha value is -0.450. The van der Waals surface area contributed by atoms with E-state index in [1.807, 2.05) is 19.1 Å². The summed E-state index contributed by atoms with van der Waals surface area (Å²) in [5.41, 5.74) is 6.85. The second-order valence-corrected chi connectivity index (χ2v) is 4.01. The molecule has 1 aromatic heterocycles. The fourth-order valence-electron chi connectivity index (χ4n) is 1.12. The van der Waals surface area contributed by atoms with Crippen molar-refractivity contribution in [1.29, 1.82) is 0 Å². The maximum atomic E-state index is 5.85. The number of nitrogens with zero attached hydrogens (tertiary/aromatic N) is 1. The van der Waals surface area contributed by atoms with Crippen LogP contribution in [0.3, 0.4) is 0 Å². The summed E-state index contributed by atoms with van der Waals surface area (Å²) in [5.74, 6) is 0. The third kappa shape index (κ3) is 4.17. The Morgan fingerprint density at radius 2 is 2.36 bits per heavy atom. The molecule has 78 valence electrons. The number of halogens is 1. The minimum atomic E-state index is 0.0311. The van der Waals surface area contributed by atoms with Gasteiger partial charge in [0.05, 0.1) is 6.61 Å². The number of nitrogens with two attached hydrogens (primary N) is 1. The van der Waals surface area contributed by atoms with Crippen molar-refractivity contribution in [2.24, 2.45) is 5.73 Å². The Bertz CT molecular complexity index is 263. The molecule has 14 heavy (non-hydrogen) atoms. The lowest BCUT2D eigenvalue weighted by Crippen LogP contribution is -2.29. The van der Waals surface area contributed by atoms with Gasteiger partial charge < -0.3 is 10.5 Å². The van der Waals surface area contributed by atoms with Gasteiger partial charge in [-0.1, -0.05) is 0 Å². The zero-order valence-corrected chi connectivity index (χ0v) is 9.83. The molecule has 1 unspecified atom stereocenters. The molecule has 0 spiro atoms. The van der Waals surface area contributed by atoms with Crippen LogP contribution in [0, 0.1) is 0 Å². The molecule has 0 fully saturated rings. The predicted molar refractivity (Wildman–Crippen MR) is 60.1 cm³/mol. The van der Waals surface area contributed by atoms with E-state index < -0.39 is 0 Å². The van der Waals surface area contributed by atoms with Crippen LogP contribution in [0.2, 0.25) is 0 Å². The summed E-state index contributed by atoms with van der Waals surface area (Å²) in [7, 11) is 0. The highest BCUT2D eigenvalue weighted by molar-refractivity contribution is 9.10. The van der Waals surface area contributed by atoms with Crippen molar-refractivity contribution in [3.05, 3.63) is 28.5 Å². The van der Waals surface area contributed by atoms with Crippen molar-refractivity contribution in [2.75, 3.05) is 13.2 Å². The summed E-state index contributed by atoms with van der Waals surface area (Å²) in [6.45, 7) is 3.26. The highest BCUT2D eigenvalue weighted by Crippen LogP contribution is 2.08. The molecule has 0 saturated heterocycles. The monoisotopic (exact) mass is 258 g/mol. The maximum Gasteiger partial charge on any atom is 0.0621 e. The van der Waals surface area contributed by atoms with Gasteiger partial charge in [0.25, 0.3) is 0 Å². The molecule has 0 saturated carbocycles. The lowest BCUT2D eigenvalue weighted by atomic mass is 10.1. The Kier molecular flexibility index (Phi) is 5.07. The highest BCUT2D eigenvalue weighted by atomic mass is 79.9. The fraction of sp³-hybridized carbons (Fsp3) is 0.500. The molecule has 4 heteroatoms. The van der Waals surface area contributed by atoms with Crippen molar-refractivity contribution < 1.29 is 4.74 Å². The predicted octanol–water partition coefficient (Wildman–Crippen LogP) is 1.75. The van der Waals surface area contributed by atoms with Gasteiger partial charge in [0.15, 0.2) is 0 Å². The molecule has 1 heterocycles. The van der Waals surface area contributed by atoms with Gasteiger partial charge in [0.1, 0.15) is 0 Å². The van der Waals surface area contributed by atoms with Crippen molar-refractivity contribution in [3.8, 4) is 0 Å². The number of hydrogen-bond donors (Lipinski definition) is 1. The molecule has 1 rings (SSSR count). The van der Waals surface area contributed by atoms with Crippen molar-refractivity contribution in [1.82, 2.24) is 4.98 Å². The standard InChI is InChI=1S/C10H15BrN2O/c1-2-14-7-9(12)5-10-4-3-8(11)6-13-10/h3-4,6,9H,2,5,7,12H2,1H3. The van der Waals surface area contributed by atoms with E-state index in [9.17, 15) is 0 Å². The third-order valence-electron chi connectivity index (χ3n) is 1.80. The summed E-state index contributed by atoms with van der Waals surface area (Å²) >= 11 is 3.34. The molecule has 0 aliphatic heterocycles. The molecule has 0 aromatic carbocycles. The van der Waals surface area contributed by atoms with Gasteiger partial charge in [0, 0.05) is 35.4 Å². The third-order valence-corrected chi connectivity index (χ3v) is 2.27. The molecule has 0 aliphatic rings. The molecular formula is C10H15BrN2O. The van der Waals surface area contributed by atoms with E-state index >= 15 is 0 Å². The Balaban J connectivity index is 2.39. The zero-order chi connectivity index (χ0) is 10.4. The molecule has 3 nitrogen and oxygen atoms in total. The van der Waals surface area contributed by atoms with E-state index in [1.54, 1.807) is 6.20 Å². The first-order valence-corrected chi connectivity index (χ1v) is 5.45.